The highest BCUT2D eigenvalue weighted by molar-refractivity contribution is 5.97. The number of carbonyl (C=O) groups is 9. The van der Waals surface area contributed by atoms with Gasteiger partial charge in [-0.3, -0.25) is 38.4 Å². The molecule has 0 fully saturated rings. The van der Waals surface area contributed by atoms with E-state index >= 15 is 0 Å². The van der Waals surface area contributed by atoms with Gasteiger partial charge in [0.05, 0.1) is 12.6 Å². The van der Waals surface area contributed by atoms with Crippen molar-refractivity contribution in [1.29, 1.82) is 0 Å². The van der Waals surface area contributed by atoms with Gasteiger partial charge < -0.3 is 58.5 Å². The van der Waals surface area contributed by atoms with Gasteiger partial charge in [0.15, 0.2) is 6.54 Å². The molecule has 8 amide bonds. The number of rotatable bonds is 29. The average Bonchev–Trinajstić information content (AvgIpc) is 3.29. The summed E-state index contributed by atoms with van der Waals surface area (Å²) in [5.74, 6) is -8.07. The number of carboxylic acid groups (broad SMARTS) is 1. The van der Waals surface area contributed by atoms with Crippen LogP contribution in [0.5, 0.6) is 0 Å². The second-order valence-electron chi connectivity index (χ2n) is 18.6. The minimum absolute atomic E-state index is 0.0252. The number of carboxylic acids is 1. The van der Waals surface area contributed by atoms with Gasteiger partial charge in [0.1, 0.15) is 42.3 Å². The van der Waals surface area contributed by atoms with E-state index < -0.39 is 114 Å². The van der Waals surface area contributed by atoms with E-state index in [0.717, 1.165) is 0 Å². The molecule has 0 aliphatic carbocycles. The molecule has 0 heterocycles. The Morgan fingerprint density at radius 2 is 0.942 bits per heavy atom. The molecule has 9 atom stereocenters. The Labute approximate surface area is 405 Å². The van der Waals surface area contributed by atoms with Crippen molar-refractivity contribution in [2.45, 2.75) is 143 Å². The highest BCUT2D eigenvalue weighted by atomic mass is 16.4. The zero-order chi connectivity index (χ0) is 52.0. The van der Waals surface area contributed by atoms with Crippen molar-refractivity contribution in [2.24, 2.45) is 23.7 Å². The Morgan fingerprint density at radius 1 is 0.507 bits per heavy atom. The smallest absolute Gasteiger partial charge is 0.326 e. The molecule has 2 rings (SSSR count). The van der Waals surface area contributed by atoms with E-state index in [2.05, 4.69) is 48.3 Å². The minimum Gasteiger partial charge on any atom is -0.480 e. The Hall–Kier alpha value is -6.41. The highest BCUT2D eigenvalue weighted by Gasteiger charge is 2.36. The molecule has 382 valence electrons. The third-order valence-electron chi connectivity index (χ3n) is 11.3. The molecule has 0 radical (unpaired) electrons. The summed E-state index contributed by atoms with van der Waals surface area (Å²) in [5.41, 5.74) is 4.84. The quantitative estimate of drug-likeness (QED) is 0.0493. The second kappa shape index (κ2) is 29.5. The summed E-state index contributed by atoms with van der Waals surface area (Å²) in [5, 5.41) is 41.1. The summed E-state index contributed by atoms with van der Waals surface area (Å²) in [4.78, 5) is 120. The molecule has 69 heavy (non-hydrogen) atoms. The van der Waals surface area contributed by atoms with Gasteiger partial charge in [-0.05, 0) is 54.6 Å². The first-order valence-electron chi connectivity index (χ1n) is 23.6. The van der Waals surface area contributed by atoms with Crippen LogP contribution in [-0.4, -0.2) is 125 Å². The molecule has 0 spiro atoms. The maximum absolute atomic E-state index is 14.2. The minimum atomic E-state index is -1.60. The van der Waals surface area contributed by atoms with Crippen molar-refractivity contribution >= 4 is 53.2 Å². The van der Waals surface area contributed by atoms with Crippen molar-refractivity contribution in [3.63, 3.8) is 0 Å². The molecule has 20 nitrogen and oxygen atoms in total. The lowest BCUT2D eigenvalue weighted by atomic mass is 9.96. The maximum atomic E-state index is 14.2. The number of aliphatic hydroxyl groups is 1. The molecular formula is C49H76N9O11+. The summed E-state index contributed by atoms with van der Waals surface area (Å²) < 4.78 is 0. The summed E-state index contributed by atoms with van der Waals surface area (Å²) in [7, 11) is 0. The molecular weight excluding hydrogens is 891 g/mol. The lowest BCUT2D eigenvalue weighted by Crippen LogP contribution is -2.62. The van der Waals surface area contributed by atoms with E-state index in [-0.39, 0.29) is 50.0 Å². The van der Waals surface area contributed by atoms with Gasteiger partial charge in [0.2, 0.25) is 41.4 Å². The topological polar surface area (TPSA) is 318 Å². The lowest BCUT2D eigenvalue weighted by Gasteiger charge is -2.29. The summed E-state index contributed by atoms with van der Waals surface area (Å²) in [6, 6.07) is 8.58. The Bertz CT molecular complexity index is 2020. The molecule has 20 heteroatoms. The van der Waals surface area contributed by atoms with Crippen LogP contribution in [0.2, 0.25) is 0 Å². The standard InChI is InChI=1S/C49H75N9O11/c1-10-30(8)41(56-38(60)25-50)47(66)53-34(21-27(2)3)43(62)51-26-39(61)52-35(23-32-17-13-11-14-18-32)44(63)57-40(29(6)7)46(65)54-36(24-33-19-15-12-16-20-33)45(64)58-42(31(9)59)48(67)55-37(49(68)69)22-28(4)5/h11-20,27-31,34-37,40-42,59H,10,21-26,50H2,1-9H3,(H,51,62)(H,52,61)(H,53,66)(H,54,65)(H,55,67)(H,56,60)(H,57,63)(H,58,64)(H,68,69)/p+1/t30-,31+,34-,35-,36-,37-,40-,41-,42-/m0/s1. The molecule has 0 aliphatic rings. The van der Waals surface area contributed by atoms with Gasteiger partial charge in [-0.25, -0.2) is 4.79 Å². The number of quaternary nitrogens is 1. The van der Waals surface area contributed by atoms with E-state index in [4.69, 9.17) is 0 Å². The summed E-state index contributed by atoms with van der Waals surface area (Å²) in [6.07, 6.45) is -0.720. The van der Waals surface area contributed by atoms with Crippen molar-refractivity contribution in [2.75, 3.05) is 13.1 Å². The van der Waals surface area contributed by atoms with Crippen LogP contribution in [0, 0.1) is 23.7 Å². The first-order valence-corrected chi connectivity index (χ1v) is 23.6. The zero-order valence-corrected chi connectivity index (χ0v) is 41.4. The van der Waals surface area contributed by atoms with Crippen molar-refractivity contribution < 1.29 is 59.1 Å². The van der Waals surface area contributed by atoms with Crippen LogP contribution in [0.4, 0.5) is 0 Å². The normalized spacial score (nSPS) is 15.2. The fraction of sp³-hybridized carbons (Fsp3) is 0.571. The van der Waals surface area contributed by atoms with Crippen molar-refractivity contribution in [3.8, 4) is 0 Å². The van der Waals surface area contributed by atoms with Gasteiger partial charge in [-0.1, -0.05) is 122 Å². The van der Waals surface area contributed by atoms with Crippen molar-refractivity contribution in [1.82, 2.24) is 42.5 Å². The number of aliphatic carboxylic acids is 1. The lowest BCUT2D eigenvalue weighted by molar-refractivity contribution is -0.355. The molecule has 2 aromatic carbocycles. The summed E-state index contributed by atoms with van der Waals surface area (Å²) in [6.45, 7) is 14.8. The first-order chi connectivity index (χ1) is 32.5. The third-order valence-corrected chi connectivity index (χ3v) is 11.3. The number of hydrogen-bond acceptors (Lipinski definition) is 10. The average molecular weight is 967 g/mol. The van der Waals surface area contributed by atoms with E-state index in [9.17, 15) is 53.4 Å². The van der Waals surface area contributed by atoms with Gasteiger partial charge in [0, 0.05) is 12.8 Å². The fourth-order valence-corrected chi connectivity index (χ4v) is 7.23. The molecule has 2 aromatic rings. The third kappa shape index (κ3) is 20.8. The molecule has 0 aliphatic heterocycles. The Morgan fingerprint density at radius 3 is 1.39 bits per heavy atom. The molecule has 0 saturated carbocycles. The predicted octanol–water partition coefficient (Wildman–Crippen LogP) is -0.517. The summed E-state index contributed by atoms with van der Waals surface area (Å²) >= 11 is 0. The largest absolute Gasteiger partial charge is 0.480 e. The van der Waals surface area contributed by atoms with Crippen LogP contribution in [0.1, 0.15) is 92.7 Å². The molecule has 13 N–H and O–H groups in total. The molecule has 0 bridgehead atoms. The van der Waals surface area contributed by atoms with Crippen LogP contribution in [-0.2, 0) is 56.0 Å². The number of benzene rings is 2. The van der Waals surface area contributed by atoms with E-state index in [0.29, 0.717) is 17.5 Å². The number of nitrogens with one attached hydrogen (secondary N) is 8. The SMILES string of the molecule is CC[C@H](C)[C@H](NC(=O)C[NH3+])C(=O)N[C@@H](CC(C)C)C(=O)NCC(=O)N[C@@H](Cc1ccccc1)C(=O)N[C@H](C(=O)N[C@@H](Cc1ccccc1)C(=O)N[C@H](C(=O)N[C@@H](CC(C)C)C(=O)O)[C@@H](C)O)C(C)C. The monoisotopic (exact) mass is 967 g/mol. The van der Waals surface area contributed by atoms with E-state index in [1.165, 1.54) is 6.92 Å². The van der Waals surface area contributed by atoms with Gasteiger partial charge >= 0.3 is 5.97 Å². The number of hydrogen-bond donors (Lipinski definition) is 11. The maximum Gasteiger partial charge on any atom is 0.326 e. The van der Waals surface area contributed by atoms with Crippen molar-refractivity contribution in [3.05, 3.63) is 71.8 Å². The zero-order valence-electron chi connectivity index (χ0n) is 41.4. The number of aliphatic hydroxyl groups excluding tert-OH is 1. The molecule has 0 unspecified atom stereocenters. The number of amides is 8. The Balaban J connectivity index is 2.35. The van der Waals surface area contributed by atoms with Crippen LogP contribution in [0.25, 0.3) is 0 Å². The second-order valence-corrected chi connectivity index (χ2v) is 18.6. The first kappa shape index (κ1) is 58.7. The van der Waals surface area contributed by atoms with Crippen LogP contribution in [0.15, 0.2) is 60.7 Å². The van der Waals surface area contributed by atoms with E-state index in [1.54, 1.807) is 95.3 Å². The fourth-order valence-electron chi connectivity index (χ4n) is 7.23. The van der Waals surface area contributed by atoms with Crippen LogP contribution >= 0.6 is 0 Å². The molecule has 0 aromatic heterocycles. The Kier molecular flexibility index (Phi) is 25.1. The van der Waals surface area contributed by atoms with Crippen LogP contribution < -0.4 is 48.3 Å². The van der Waals surface area contributed by atoms with Gasteiger partial charge in [-0.15, -0.1) is 0 Å². The van der Waals surface area contributed by atoms with E-state index in [1.807, 2.05) is 20.8 Å². The van der Waals surface area contributed by atoms with Gasteiger partial charge in [0.25, 0.3) is 5.91 Å². The molecule has 0 saturated heterocycles. The predicted molar refractivity (Wildman–Crippen MR) is 257 cm³/mol. The highest BCUT2D eigenvalue weighted by Crippen LogP contribution is 2.13. The number of carbonyl (C=O) groups excluding carboxylic acids is 8. The van der Waals surface area contributed by atoms with Crippen LogP contribution in [0.3, 0.4) is 0 Å². The van der Waals surface area contributed by atoms with Gasteiger partial charge in [-0.2, -0.15) is 0 Å².